The maximum absolute atomic E-state index is 4.42. The summed E-state index contributed by atoms with van der Waals surface area (Å²) in [5, 5.41) is 6.94. The Labute approximate surface area is 110 Å². The van der Waals surface area contributed by atoms with Crippen molar-refractivity contribution in [2.24, 2.45) is 5.92 Å². The summed E-state index contributed by atoms with van der Waals surface area (Å²) >= 11 is 0. The Kier molecular flexibility index (Phi) is 4.04. The van der Waals surface area contributed by atoms with E-state index >= 15 is 0 Å². The lowest BCUT2D eigenvalue weighted by Gasteiger charge is -2.17. The maximum Gasteiger partial charge on any atom is 0.135 e. The predicted octanol–water partition coefficient (Wildman–Crippen LogP) is 3.24. The van der Waals surface area contributed by atoms with Crippen molar-refractivity contribution >= 4 is 11.6 Å². The number of nitrogens with one attached hydrogen (secondary N) is 2. The first kappa shape index (κ1) is 13.1. The van der Waals surface area contributed by atoms with E-state index in [1.54, 1.807) is 6.33 Å². The molecule has 2 N–H and O–H groups in total. The highest BCUT2D eigenvalue weighted by Gasteiger charge is 2.33. The highest BCUT2D eigenvalue weighted by atomic mass is 15.1. The van der Waals surface area contributed by atoms with E-state index in [-0.39, 0.29) is 0 Å². The molecule has 0 spiro atoms. The van der Waals surface area contributed by atoms with Crippen molar-refractivity contribution in [1.82, 2.24) is 9.97 Å². The van der Waals surface area contributed by atoms with Crippen molar-refractivity contribution in [2.75, 3.05) is 17.2 Å². The van der Waals surface area contributed by atoms with E-state index < -0.39 is 0 Å². The fraction of sp³-hybridized carbons (Fsp3) is 0.714. The fourth-order valence-electron chi connectivity index (χ4n) is 2.14. The zero-order valence-electron chi connectivity index (χ0n) is 11.8. The van der Waals surface area contributed by atoms with Crippen molar-refractivity contribution in [2.45, 2.75) is 52.5 Å². The van der Waals surface area contributed by atoms with Gasteiger partial charge in [-0.05, 0) is 24.7 Å². The average molecular weight is 248 g/mol. The number of rotatable bonds is 6. The predicted molar refractivity (Wildman–Crippen MR) is 76.1 cm³/mol. The van der Waals surface area contributed by atoms with Crippen LogP contribution in [0, 0.1) is 5.92 Å². The molecule has 1 aromatic rings. The highest BCUT2D eigenvalue weighted by Crippen LogP contribution is 2.35. The lowest BCUT2D eigenvalue weighted by atomic mass is 10.0. The average Bonchev–Trinajstić information content (AvgIpc) is 3.02. The van der Waals surface area contributed by atoms with Crippen LogP contribution in [-0.4, -0.2) is 22.6 Å². The minimum atomic E-state index is 0.419. The minimum absolute atomic E-state index is 0.419. The van der Waals surface area contributed by atoms with Gasteiger partial charge >= 0.3 is 0 Å². The van der Waals surface area contributed by atoms with E-state index in [0.29, 0.717) is 12.0 Å². The van der Waals surface area contributed by atoms with Gasteiger partial charge in [0.1, 0.15) is 18.0 Å². The Balaban J connectivity index is 2.21. The number of anilines is 2. The molecular weight excluding hydrogens is 224 g/mol. The normalized spacial score (nSPS) is 22.1. The Hall–Kier alpha value is -1.32. The quantitative estimate of drug-likeness (QED) is 0.811. The Morgan fingerprint density at radius 2 is 2.00 bits per heavy atom. The molecule has 0 amide bonds. The third-order valence-electron chi connectivity index (χ3n) is 3.44. The molecule has 1 fully saturated rings. The molecular formula is C14H24N4. The van der Waals surface area contributed by atoms with E-state index in [9.17, 15) is 0 Å². The molecule has 0 aromatic carbocycles. The van der Waals surface area contributed by atoms with Gasteiger partial charge in [0, 0.05) is 18.2 Å². The molecule has 0 radical (unpaired) electrons. The molecule has 1 saturated carbocycles. The number of nitrogens with zero attached hydrogens (tertiary/aromatic N) is 2. The van der Waals surface area contributed by atoms with Gasteiger partial charge in [-0.3, -0.25) is 0 Å². The second-order valence-electron chi connectivity index (χ2n) is 5.53. The molecule has 2 unspecified atom stereocenters. The molecule has 2 rings (SSSR count). The lowest BCUT2D eigenvalue weighted by molar-refractivity contribution is 0.833. The SMILES string of the molecule is CCCNc1ncnc(NC2CC2C)c1C(C)C. The first-order chi connectivity index (χ1) is 8.63. The molecule has 4 heteroatoms. The summed E-state index contributed by atoms with van der Waals surface area (Å²) < 4.78 is 0. The zero-order valence-corrected chi connectivity index (χ0v) is 11.8. The third-order valence-corrected chi connectivity index (χ3v) is 3.44. The first-order valence-electron chi connectivity index (χ1n) is 6.98. The third kappa shape index (κ3) is 2.92. The van der Waals surface area contributed by atoms with Crippen LogP contribution < -0.4 is 10.6 Å². The number of aromatic nitrogens is 2. The van der Waals surface area contributed by atoms with Crippen LogP contribution in [0.3, 0.4) is 0 Å². The molecule has 1 heterocycles. The second-order valence-corrected chi connectivity index (χ2v) is 5.53. The van der Waals surface area contributed by atoms with Crippen molar-refractivity contribution in [3.8, 4) is 0 Å². The summed E-state index contributed by atoms with van der Waals surface area (Å²) in [5.41, 5.74) is 1.21. The van der Waals surface area contributed by atoms with E-state index in [1.165, 1.54) is 12.0 Å². The highest BCUT2D eigenvalue weighted by molar-refractivity contribution is 5.59. The van der Waals surface area contributed by atoms with E-state index in [4.69, 9.17) is 0 Å². The monoisotopic (exact) mass is 248 g/mol. The molecule has 0 saturated heterocycles. The van der Waals surface area contributed by atoms with Crippen LogP contribution in [-0.2, 0) is 0 Å². The number of hydrogen-bond donors (Lipinski definition) is 2. The van der Waals surface area contributed by atoms with Crippen molar-refractivity contribution < 1.29 is 0 Å². The number of hydrogen-bond acceptors (Lipinski definition) is 4. The van der Waals surface area contributed by atoms with Crippen LogP contribution in [0.5, 0.6) is 0 Å². The van der Waals surface area contributed by atoms with Gasteiger partial charge in [0.05, 0.1) is 0 Å². The van der Waals surface area contributed by atoms with Crippen LogP contribution in [0.4, 0.5) is 11.6 Å². The largest absolute Gasteiger partial charge is 0.370 e. The standard InChI is InChI=1S/C14H24N4/c1-5-6-15-13-12(9(2)3)14(17-8-16-13)18-11-7-10(11)4/h8-11H,5-7H2,1-4H3,(H2,15,16,17,18). The van der Waals surface area contributed by atoms with Gasteiger partial charge < -0.3 is 10.6 Å². The van der Waals surface area contributed by atoms with Gasteiger partial charge in [-0.2, -0.15) is 0 Å². The molecule has 1 aliphatic carbocycles. The van der Waals surface area contributed by atoms with Crippen molar-refractivity contribution in [1.29, 1.82) is 0 Å². The molecule has 4 nitrogen and oxygen atoms in total. The molecule has 100 valence electrons. The molecule has 0 aliphatic heterocycles. The van der Waals surface area contributed by atoms with Crippen LogP contribution in [0.15, 0.2) is 6.33 Å². The van der Waals surface area contributed by atoms with Gasteiger partial charge in [0.2, 0.25) is 0 Å². The summed E-state index contributed by atoms with van der Waals surface area (Å²) in [7, 11) is 0. The van der Waals surface area contributed by atoms with Crippen LogP contribution in [0.25, 0.3) is 0 Å². The van der Waals surface area contributed by atoms with Gasteiger partial charge in [-0.15, -0.1) is 0 Å². The lowest BCUT2D eigenvalue weighted by Crippen LogP contribution is -2.13. The minimum Gasteiger partial charge on any atom is -0.370 e. The molecule has 18 heavy (non-hydrogen) atoms. The summed E-state index contributed by atoms with van der Waals surface area (Å²) in [6.45, 7) is 9.77. The Morgan fingerprint density at radius 1 is 1.33 bits per heavy atom. The van der Waals surface area contributed by atoms with Crippen LogP contribution in [0.1, 0.15) is 52.0 Å². The van der Waals surface area contributed by atoms with Crippen molar-refractivity contribution in [3.05, 3.63) is 11.9 Å². The summed E-state index contributed by atoms with van der Waals surface area (Å²) in [6, 6.07) is 0.594. The molecule has 1 aromatic heterocycles. The van der Waals surface area contributed by atoms with E-state index in [1.807, 2.05) is 0 Å². The first-order valence-corrected chi connectivity index (χ1v) is 6.98. The van der Waals surface area contributed by atoms with Crippen LogP contribution >= 0.6 is 0 Å². The molecule has 0 bridgehead atoms. The maximum atomic E-state index is 4.42. The van der Waals surface area contributed by atoms with E-state index in [0.717, 1.165) is 30.5 Å². The summed E-state index contributed by atoms with van der Waals surface area (Å²) in [4.78, 5) is 8.80. The van der Waals surface area contributed by atoms with Crippen LogP contribution in [0.2, 0.25) is 0 Å². The molecule has 1 aliphatic rings. The van der Waals surface area contributed by atoms with Gasteiger partial charge in [0.25, 0.3) is 0 Å². The second kappa shape index (κ2) is 5.55. The summed E-state index contributed by atoms with van der Waals surface area (Å²) in [5.74, 6) is 3.18. The van der Waals surface area contributed by atoms with Gasteiger partial charge in [0.15, 0.2) is 0 Å². The van der Waals surface area contributed by atoms with Gasteiger partial charge in [-0.25, -0.2) is 9.97 Å². The smallest absolute Gasteiger partial charge is 0.135 e. The fourth-order valence-corrected chi connectivity index (χ4v) is 2.14. The van der Waals surface area contributed by atoms with E-state index in [2.05, 4.69) is 48.3 Å². The Morgan fingerprint density at radius 3 is 2.56 bits per heavy atom. The molecule has 2 atom stereocenters. The van der Waals surface area contributed by atoms with Gasteiger partial charge in [-0.1, -0.05) is 27.7 Å². The topological polar surface area (TPSA) is 49.8 Å². The Bertz CT molecular complexity index is 403. The zero-order chi connectivity index (χ0) is 13.1. The van der Waals surface area contributed by atoms with Crippen molar-refractivity contribution in [3.63, 3.8) is 0 Å². The summed E-state index contributed by atoms with van der Waals surface area (Å²) in [6.07, 6.45) is 4.00.